The Morgan fingerprint density at radius 3 is 2.35 bits per heavy atom. The zero-order valence-electron chi connectivity index (χ0n) is 11.2. The first-order valence-corrected chi connectivity index (χ1v) is 7.01. The monoisotopic (exact) mass is 250 g/mol. The Morgan fingerprint density at radius 2 is 1.88 bits per heavy atom. The number of benzene rings is 1. The van der Waals surface area contributed by atoms with Gasteiger partial charge in [-0.15, -0.1) is 11.8 Å². The molecule has 1 aromatic carbocycles. The third-order valence-corrected chi connectivity index (χ3v) is 4.48. The van der Waals surface area contributed by atoms with Gasteiger partial charge in [0, 0.05) is 4.90 Å². The van der Waals surface area contributed by atoms with Crippen LogP contribution in [0.25, 0.3) is 0 Å². The molecule has 17 heavy (non-hydrogen) atoms. The Labute approximate surface area is 109 Å². The van der Waals surface area contributed by atoms with E-state index in [1.54, 1.807) is 18.7 Å². The average molecular weight is 250 g/mol. The van der Waals surface area contributed by atoms with Crippen LogP contribution in [0.2, 0.25) is 0 Å². The summed E-state index contributed by atoms with van der Waals surface area (Å²) < 4.78 is -0.286. The van der Waals surface area contributed by atoms with Crippen LogP contribution in [0.15, 0.2) is 35.2 Å². The number of ketones is 1. The minimum Gasteiger partial charge on any atom is -0.298 e. The second-order valence-electron chi connectivity index (χ2n) is 5.13. The Morgan fingerprint density at radius 1 is 1.29 bits per heavy atom. The number of rotatable bonds is 6. The molecule has 0 aromatic heterocycles. The number of hydrogen-bond acceptors (Lipinski definition) is 2. The maximum absolute atomic E-state index is 11.9. The second kappa shape index (κ2) is 6.25. The van der Waals surface area contributed by atoms with E-state index in [9.17, 15) is 4.79 Å². The van der Waals surface area contributed by atoms with Gasteiger partial charge in [0.05, 0.1) is 4.75 Å². The van der Waals surface area contributed by atoms with Crippen LogP contribution in [0.5, 0.6) is 0 Å². The van der Waals surface area contributed by atoms with E-state index in [1.807, 2.05) is 18.2 Å². The first-order valence-electron chi connectivity index (χ1n) is 6.19. The number of carbonyl (C=O) groups excluding carboxylic acids is 1. The number of thioether (sulfide) groups is 1. The van der Waals surface area contributed by atoms with Crippen LogP contribution in [0.1, 0.15) is 40.5 Å². The molecule has 0 radical (unpaired) electrons. The molecule has 1 nitrogen and oxygen atoms in total. The van der Waals surface area contributed by atoms with Crippen LogP contribution in [0.3, 0.4) is 0 Å². The Kier molecular flexibility index (Phi) is 5.26. The van der Waals surface area contributed by atoms with Gasteiger partial charge in [-0.05, 0) is 44.7 Å². The minimum atomic E-state index is -0.286. The summed E-state index contributed by atoms with van der Waals surface area (Å²) >= 11 is 1.69. The molecular formula is C15H22OS. The first kappa shape index (κ1) is 14.3. The molecule has 1 atom stereocenters. The molecule has 0 bridgehead atoms. The largest absolute Gasteiger partial charge is 0.298 e. The highest BCUT2D eigenvalue weighted by atomic mass is 32.2. The lowest BCUT2D eigenvalue weighted by Gasteiger charge is -2.27. The highest BCUT2D eigenvalue weighted by Crippen LogP contribution is 2.37. The van der Waals surface area contributed by atoms with Crippen molar-refractivity contribution in [3.05, 3.63) is 30.3 Å². The van der Waals surface area contributed by atoms with Crippen molar-refractivity contribution in [2.45, 2.75) is 50.2 Å². The van der Waals surface area contributed by atoms with Crippen LogP contribution >= 0.6 is 11.8 Å². The van der Waals surface area contributed by atoms with Gasteiger partial charge in [-0.2, -0.15) is 0 Å². The molecule has 0 saturated heterocycles. The molecule has 0 N–H and O–H groups in total. The Hall–Kier alpha value is -0.760. The van der Waals surface area contributed by atoms with E-state index in [2.05, 4.69) is 32.9 Å². The van der Waals surface area contributed by atoms with Gasteiger partial charge in [-0.25, -0.2) is 0 Å². The number of hydrogen-bond donors (Lipinski definition) is 0. The Bertz CT molecular complexity index is 358. The second-order valence-corrected chi connectivity index (χ2v) is 6.71. The van der Waals surface area contributed by atoms with Gasteiger partial charge in [0.15, 0.2) is 0 Å². The molecule has 0 spiro atoms. The fourth-order valence-electron chi connectivity index (χ4n) is 1.61. The zero-order chi connectivity index (χ0) is 12.9. The van der Waals surface area contributed by atoms with Gasteiger partial charge in [-0.3, -0.25) is 4.79 Å². The van der Waals surface area contributed by atoms with Gasteiger partial charge >= 0.3 is 0 Å². The fraction of sp³-hybridized carbons (Fsp3) is 0.533. The smallest absolute Gasteiger partial charge is 0.145 e. The molecule has 0 fully saturated rings. The summed E-state index contributed by atoms with van der Waals surface area (Å²) in [5, 5.41) is 0. The lowest BCUT2D eigenvalue weighted by atomic mass is 9.96. The van der Waals surface area contributed by atoms with Crippen molar-refractivity contribution in [1.29, 1.82) is 0 Å². The van der Waals surface area contributed by atoms with Crippen LogP contribution in [0.4, 0.5) is 0 Å². The predicted octanol–water partition coefficient (Wildman–Crippen LogP) is 4.56. The van der Waals surface area contributed by atoms with Gasteiger partial charge in [0.25, 0.3) is 0 Å². The lowest BCUT2D eigenvalue weighted by Crippen LogP contribution is -2.29. The highest BCUT2D eigenvalue weighted by molar-refractivity contribution is 8.01. The van der Waals surface area contributed by atoms with Crippen molar-refractivity contribution in [1.82, 2.24) is 0 Å². The van der Waals surface area contributed by atoms with Gasteiger partial charge in [-0.1, -0.05) is 32.0 Å². The third-order valence-electron chi connectivity index (χ3n) is 3.03. The van der Waals surface area contributed by atoms with E-state index in [-0.39, 0.29) is 10.5 Å². The molecule has 0 saturated carbocycles. The lowest BCUT2D eigenvalue weighted by molar-refractivity contribution is -0.119. The molecule has 0 aliphatic rings. The van der Waals surface area contributed by atoms with Crippen molar-refractivity contribution in [2.24, 2.45) is 5.92 Å². The van der Waals surface area contributed by atoms with Gasteiger partial charge in [0.1, 0.15) is 5.78 Å². The van der Waals surface area contributed by atoms with Crippen molar-refractivity contribution in [3.63, 3.8) is 0 Å². The molecule has 94 valence electrons. The molecule has 0 aliphatic carbocycles. The van der Waals surface area contributed by atoms with E-state index in [0.29, 0.717) is 5.92 Å². The third kappa shape index (κ3) is 4.55. The van der Waals surface area contributed by atoms with E-state index < -0.39 is 0 Å². The number of carbonyl (C=O) groups is 1. The van der Waals surface area contributed by atoms with E-state index in [0.717, 1.165) is 12.8 Å². The fourth-order valence-corrected chi connectivity index (χ4v) is 2.79. The van der Waals surface area contributed by atoms with Crippen LogP contribution in [-0.4, -0.2) is 10.5 Å². The van der Waals surface area contributed by atoms with Crippen LogP contribution in [0, 0.1) is 5.92 Å². The Balaban J connectivity index is 2.75. The molecule has 1 aromatic rings. The molecule has 0 aliphatic heterocycles. The topological polar surface area (TPSA) is 17.1 Å². The number of Topliss-reactive ketones (excluding diaryl/α,β-unsaturated/α-hetero) is 1. The zero-order valence-corrected chi connectivity index (χ0v) is 12.0. The molecular weight excluding hydrogens is 228 g/mol. The summed E-state index contributed by atoms with van der Waals surface area (Å²) in [6, 6.07) is 10.2. The van der Waals surface area contributed by atoms with Gasteiger partial charge in [0.2, 0.25) is 0 Å². The first-order chi connectivity index (χ1) is 7.94. The normalized spacial score (nSPS) is 14.6. The van der Waals surface area contributed by atoms with Crippen molar-refractivity contribution < 1.29 is 4.79 Å². The van der Waals surface area contributed by atoms with E-state index >= 15 is 0 Å². The van der Waals surface area contributed by atoms with E-state index in [1.165, 1.54) is 4.90 Å². The summed E-state index contributed by atoms with van der Waals surface area (Å²) in [6.45, 7) is 8.17. The van der Waals surface area contributed by atoms with Gasteiger partial charge < -0.3 is 0 Å². The van der Waals surface area contributed by atoms with Crippen molar-refractivity contribution in [2.75, 3.05) is 0 Å². The molecule has 0 amide bonds. The van der Waals surface area contributed by atoms with Crippen LogP contribution in [-0.2, 0) is 4.79 Å². The molecule has 1 unspecified atom stereocenters. The summed E-state index contributed by atoms with van der Waals surface area (Å²) in [4.78, 5) is 13.0. The van der Waals surface area contributed by atoms with Crippen molar-refractivity contribution >= 4 is 17.5 Å². The average Bonchev–Trinajstić information content (AvgIpc) is 2.27. The maximum atomic E-state index is 11.9. The SMILES string of the molecule is CC(=O)C(C)(CCC(C)C)Sc1ccccc1. The van der Waals surface area contributed by atoms with E-state index in [4.69, 9.17) is 0 Å². The highest BCUT2D eigenvalue weighted by Gasteiger charge is 2.30. The minimum absolute atomic E-state index is 0.270. The summed E-state index contributed by atoms with van der Waals surface area (Å²) in [6.07, 6.45) is 2.04. The maximum Gasteiger partial charge on any atom is 0.145 e. The predicted molar refractivity (Wildman–Crippen MR) is 75.5 cm³/mol. The molecule has 2 heteroatoms. The standard InChI is InChI=1S/C15H22OS/c1-12(2)10-11-15(4,13(3)16)17-14-8-6-5-7-9-14/h5-9,12H,10-11H2,1-4H3. The molecule has 1 rings (SSSR count). The summed E-state index contributed by atoms with van der Waals surface area (Å²) in [5.41, 5.74) is 0. The summed E-state index contributed by atoms with van der Waals surface area (Å²) in [7, 11) is 0. The molecule has 0 heterocycles. The van der Waals surface area contributed by atoms with Crippen molar-refractivity contribution in [3.8, 4) is 0 Å². The quantitative estimate of drug-likeness (QED) is 0.688. The van der Waals surface area contributed by atoms with Crippen LogP contribution < -0.4 is 0 Å². The summed E-state index contributed by atoms with van der Waals surface area (Å²) in [5.74, 6) is 0.914.